The fourth-order valence-electron chi connectivity index (χ4n) is 0.354. The van der Waals surface area contributed by atoms with Gasteiger partial charge in [0.25, 0.3) is 0 Å². The van der Waals surface area contributed by atoms with E-state index in [-0.39, 0.29) is 0 Å². The second kappa shape index (κ2) is 1.01. The van der Waals surface area contributed by atoms with Crippen LogP contribution in [0.3, 0.4) is 0 Å². The highest BCUT2D eigenvalue weighted by atomic mass is 16.5. The first kappa shape index (κ1) is 3.22. The van der Waals surface area contributed by atoms with Gasteiger partial charge in [0.15, 0.2) is 0 Å². The molecule has 0 aromatic rings. The van der Waals surface area contributed by atoms with Gasteiger partial charge in [-0.25, -0.2) is 0 Å². The third kappa shape index (κ3) is 0.455. The molecule has 28 valence electrons. The van der Waals surface area contributed by atoms with Crippen molar-refractivity contribution in [3.63, 3.8) is 0 Å². The van der Waals surface area contributed by atoms with Crippen molar-refractivity contribution in [3.8, 4) is 0 Å². The van der Waals surface area contributed by atoms with E-state index in [1.165, 1.54) is 0 Å². The van der Waals surface area contributed by atoms with Crippen molar-refractivity contribution in [3.05, 3.63) is 0 Å². The zero-order valence-electron chi connectivity index (χ0n) is 3.40. The smallest absolute Gasteiger partial charge is 0.111 e. The lowest BCUT2D eigenvalue weighted by molar-refractivity contribution is 0.0383. The summed E-state index contributed by atoms with van der Waals surface area (Å²) in [6, 6.07) is 0. The number of hydrogen-bond acceptors (Lipinski definition) is 1. The monoisotopic (exact) mass is 70.1 g/mol. The van der Waals surface area contributed by atoms with Gasteiger partial charge in [-0.1, -0.05) is 0 Å². The van der Waals surface area contributed by atoms with Crippen LogP contribution in [-0.4, -0.2) is 21.1 Å². The molecule has 1 aliphatic rings. The molecule has 0 aromatic carbocycles. The molecule has 2 heteroatoms. The molecule has 0 aliphatic carbocycles. The van der Waals surface area contributed by atoms with Gasteiger partial charge in [-0.15, -0.1) is 0 Å². The van der Waals surface area contributed by atoms with E-state index < -0.39 is 0 Å². The molecule has 0 atom stereocenters. The van der Waals surface area contributed by atoms with E-state index in [1.54, 1.807) is 0 Å². The van der Waals surface area contributed by atoms with E-state index in [4.69, 9.17) is 4.74 Å². The van der Waals surface area contributed by atoms with Crippen molar-refractivity contribution in [2.75, 3.05) is 13.2 Å². The minimum Gasteiger partial charge on any atom is -0.382 e. The molecule has 0 unspecified atom stereocenters. The van der Waals surface area contributed by atoms with Gasteiger partial charge in [0, 0.05) is 13.2 Å². The van der Waals surface area contributed by atoms with Crippen LogP contribution >= 0.6 is 0 Å². The van der Waals surface area contributed by atoms with Gasteiger partial charge in [-0.3, -0.25) is 0 Å². The minimum absolute atomic E-state index is 0.843. The zero-order valence-corrected chi connectivity index (χ0v) is 3.40. The predicted molar refractivity (Wildman–Crippen MR) is 23.1 cm³/mol. The molecule has 5 heavy (non-hydrogen) atoms. The molecule has 1 fully saturated rings. The first-order valence-corrected chi connectivity index (χ1v) is 1.97. The van der Waals surface area contributed by atoms with Crippen LogP contribution in [-0.2, 0) is 4.74 Å². The molecule has 0 radical (unpaired) electrons. The zero-order chi connectivity index (χ0) is 3.70. The average Bonchev–Trinajstić information content (AvgIpc) is 1.30. The van der Waals surface area contributed by atoms with Crippen LogP contribution in [0.25, 0.3) is 0 Å². The standard InChI is InChI=1S/C3H7BO/c4-3-1-5-2-3/h3H,1-2,4H2. The van der Waals surface area contributed by atoms with Gasteiger partial charge in [0.2, 0.25) is 0 Å². The fraction of sp³-hybridized carbons (Fsp3) is 1.00. The van der Waals surface area contributed by atoms with Crippen LogP contribution in [0, 0.1) is 0 Å². The lowest BCUT2D eigenvalue weighted by Gasteiger charge is -2.20. The van der Waals surface area contributed by atoms with Crippen LogP contribution in [0.2, 0.25) is 5.82 Å². The Morgan fingerprint density at radius 3 is 2.00 bits per heavy atom. The summed E-state index contributed by atoms with van der Waals surface area (Å²) in [5.41, 5.74) is 0. The lowest BCUT2D eigenvalue weighted by atomic mass is 9.86. The van der Waals surface area contributed by atoms with Crippen LogP contribution in [0.15, 0.2) is 0 Å². The van der Waals surface area contributed by atoms with Crippen LogP contribution in [0.1, 0.15) is 0 Å². The summed E-state index contributed by atoms with van der Waals surface area (Å²) < 4.78 is 4.83. The summed E-state index contributed by atoms with van der Waals surface area (Å²) in [7, 11) is 2.18. The molecule has 0 spiro atoms. The summed E-state index contributed by atoms with van der Waals surface area (Å²) >= 11 is 0. The predicted octanol–water partition coefficient (Wildman–Crippen LogP) is -0.562. The summed E-state index contributed by atoms with van der Waals surface area (Å²) in [6.07, 6.45) is 0. The van der Waals surface area contributed by atoms with Crippen LogP contribution in [0.5, 0.6) is 0 Å². The average molecular weight is 69.9 g/mol. The van der Waals surface area contributed by atoms with Crippen molar-refractivity contribution in [1.82, 2.24) is 0 Å². The number of hydrogen-bond donors (Lipinski definition) is 0. The molecule has 1 heterocycles. The molecule has 1 saturated heterocycles. The summed E-state index contributed by atoms with van der Waals surface area (Å²) in [5, 5.41) is 0. The first-order valence-electron chi connectivity index (χ1n) is 1.97. The Kier molecular flexibility index (Phi) is 0.654. The molecule has 1 nitrogen and oxygen atoms in total. The maximum atomic E-state index is 4.83. The number of ether oxygens (including phenoxy) is 1. The highest BCUT2D eigenvalue weighted by molar-refractivity contribution is 6.12. The van der Waals surface area contributed by atoms with Gasteiger partial charge in [-0.2, -0.15) is 0 Å². The van der Waals surface area contributed by atoms with Crippen molar-refractivity contribution in [1.29, 1.82) is 0 Å². The van der Waals surface area contributed by atoms with Gasteiger partial charge < -0.3 is 4.74 Å². The van der Waals surface area contributed by atoms with E-state index in [9.17, 15) is 0 Å². The van der Waals surface area contributed by atoms with Crippen molar-refractivity contribution in [2.24, 2.45) is 0 Å². The van der Waals surface area contributed by atoms with Gasteiger partial charge in [-0.05, 0) is 5.82 Å². The largest absolute Gasteiger partial charge is 0.382 e. The highest BCUT2D eigenvalue weighted by Gasteiger charge is 2.09. The first-order chi connectivity index (χ1) is 2.39. The van der Waals surface area contributed by atoms with E-state index in [2.05, 4.69) is 7.85 Å². The van der Waals surface area contributed by atoms with E-state index in [0.29, 0.717) is 0 Å². The molecule has 0 N–H and O–H groups in total. The Morgan fingerprint density at radius 2 is 2.00 bits per heavy atom. The third-order valence-electron chi connectivity index (χ3n) is 0.805. The summed E-state index contributed by atoms with van der Waals surface area (Å²) in [6.45, 7) is 1.97. The van der Waals surface area contributed by atoms with E-state index in [1.807, 2.05) is 0 Å². The summed E-state index contributed by atoms with van der Waals surface area (Å²) in [4.78, 5) is 0. The van der Waals surface area contributed by atoms with E-state index in [0.717, 1.165) is 19.0 Å². The molecule has 0 amide bonds. The van der Waals surface area contributed by atoms with Gasteiger partial charge >= 0.3 is 0 Å². The molecule has 0 aromatic heterocycles. The van der Waals surface area contributed by atoms with Crippen LogP contribution in [0.4, 0.5) is 0 Å². The minimum atomic E-state index is 0.843. The van der Waals surface area contributed by atoms with Crippen molar-refractivity contribution < 1.29 is 4.74 Å². The highest BCUT2D eigenvalue weighted by Crippen LogP contribution is 2.09. The Labute approximate surface area is 32.7 Å². The fourth-order valence-corrected chi connectivity index (χ4v) is 0.354. The van der Waals surface area contributed by atoms with Crippen LogP contribution < -0.4 is 0 Å². The van der Waals surface area contributed by atoms with Crippen molar-refractivity contribution >= 4 is 7.85 Å². The molecular formula is C3H7BO. The van der Waals surface area contributed by atoms with E-state index >= 15 is 0 Å². The SMILES string of the molecule is BC1COC1. The summed E-state index contributed by atoms with van der Waals surface area (Å²) in [5.74, 6) is 0.843. The Balaban J connectivity index is 2.08. The molecular weight excluding hydrogens is 62.8 g/mol. The quantitative estimate of drug-likeness (QED) is 0.347. The Hall–Kier alpha value is 0.0249. The molecule has 1 aliphatic heterocycles. The Bertz CT molecular complexity index is 33.9. The second-order valence-electron chi connectivity index (χ2n) is 1.64. The van der Waals surface area contributed by atoms with Gasteiger partial charge in [0.05, 0.1) is 0 Å². The topological polar surface area (TPSA) is 9.23 Å². The van der Waals surface area contributed by atoms with Gasteiger partial charge in [0.1, 0.15) is 7.85 Å². The molecule has 0 bridgehead atoms. The Morgan fingerprint density at radius 1 is 1.60 bits per heavy atom. The number of rotatable bonds is 0. The maximum Gasteiger partial charge on any atom is 0.111 e. The van der Waals surface area contributed by atoms with Crippen molar-refractivity contribution in [2.45, 2.75) is 5.82 Å². The molecule has 0 saturated carbocycles. The maximum absolute atomic E-state index is 4.83. The second-order valence-corrected chi connectivity index (χ2v) is 1.64. The lowest BCUT2D eigenvalue weighted by Crippen LogP contribution is -2.21. The normalized spacial score (nSPS) is 25.6. The molecule has 1 rings (SSSR count). The third-order valence-corrected chi connectivity index (χ3v) is 0.805.